The van der Waals surface area contributed by atoms with Crippen LogP contribution in [0.3, 0.4) is 0 Å². The van der Waals surface area contributed by atoms with Crippen molar-refractivity contribution in [2.45, 2.75) is 58.5 Å². The van der Waals surface area contributed by atoms with Crippen molar-refractivity contribution < 1.29 is 0 Å². The molecule has 1 aromatic rings. The molecule has 0 aliphatic carbocycles. The van der Waals surface area contributed by atoms with E-state index >= 15 is 0 Å². The largest absolute Gasteiger partial charge is 0.310 e. The quantitative estimate of drug-likeness (QED) is 0.887. The maximum absolute atomic E-state index is 3.62. The van der Waals surface area contributed by atoms with Crippen LogP contribution in [0.1, 0.15) is 52.2 Å². The number of rotatable bonds is 2. The monoisotopic (exact) mass is 274 g/mol. The first-order valence-electron chi connectivity index (χ1n) is 7.83. The Morgan fingerprint density at radius 1 is 1.15 bits per heavy atom. The zero-order valence-electron chi connectivity index (χ0n) is 13.8. The number of hydrogen-bond donors (Lipinski definition) is 1. The van der Waals surface area contributed by atoms with E-state index in [0.717, 1.165) is 19.6 Å². The molecule has 112 valence electrons. The molecule has 0 bridgehead atoms. The molecule has 20 heavy (non-hydrogen) atoms. The molecule has 1 fully saturated rings. The Morgan fingerprint density at radius 2 is 1.80 bits per heavy atom. The highest BCUT2D eigenvalue weighted by Gasteiger charge is 2.23. The predicted molar refractivity (Wildman–Crippen MR) is 87.1 cm³/mol. The molecular weight excluding hydrogens is 244 g/mol. The smallest absolute Gasteiger partial charge is 0.0252 e. The van der Waals surface area contributed by atoms with E-state index in [1.165, 1.54) is 24.1 Å². The normalized spacial score (nSPS) is 20.6. The van der Waals surface area contributed by atoms with Gasteiger partial charge in [0.15, 0.2) is 0 Å². The average Bonchev–Trinajstić information content (AvgIpc) is 2.49. The van der Waals surface area contributed by atoms with Crippen LogP contribution in [-0.2, 0) is 12.0 Å². The van der Waals surface area contributed by atoms with Crippen molar-refractivity contribution in [3.8, 4) is 0 Å². The lowest BCUT2D eigenvalue weighted by atomic mass is 9.87. The molecule has 0 amide bonds. The van der Waals surface area contributed by atoms with Crippen LogP contribution in [-0.4, -0.2) is 30.1 Å². The summed E-state index contributed by atoms with van der Waals surface area (Å²) in [5.41, 5.74) is 3.31. The molecule has 2 rings (SSSR count). The highest BCUT2D eigenvalue weighted by molar-refractivity contribution is 5.27. The van der Waals surface area contributed by atoms with Gasteiger partial charge in [-0.3, -0.25) is 4.90 Å². The second kappa shape index (κ2) is 5.87. The van der Waals surface area contributed by atoms with Crippen molar-refractivity contribution in [3.05, 3.63) is 35.4 Å². The van der Waals surface area contributed by atoms with Crippen LogP contribution in [0.15, 0.2) is 24.3 Å². The van der Waals surface area contributed by atoms with Gasteiger partial charge in [0.05, 0.1) is 0 Å². The van der Waals surface area contributed by atoms with E-state index < -0.39 is 0 Å². The molecule has 0 unspecified atom stereocenters. The standard InChI is InChI=1S/C18H30N2/c1-17(2,3)16-9-7-15(8-10-16)13-20-12-6-11-19-18(4,5)14-20/h7-10,19H,6,11-14H2,1-5H3. The fraction of sp³-hybridized carbons (Fsp3) is 0.667. The van der Waals surface area contributed by atoms with Crippen molar-refractivity contribution >= 4 is 0 Å². The lowest BCUT2D eigenvalue weighted by Gasteiger charge is -2.30. The minimum absolute atomic E-state index is 0.224. The lowest BCUT2D eigenvalue weighted by molar-refractivity contribution is 0.224. The predicted octanol–water partition coefficient (Wildman–Crippen LogP) is 3.56. The molecule has 0 saturated carbocycles. The minimum Gasteiger partial charge on any atom is -0.310 e. The van der Waals surface area contributed by atoms with Gasteiger partial charge in [-0.25, -0.2) is 0 Å². The summed E-state index contributed by atoms with van der Waals surface area (Å²) in [5, 5.41) is 3.62. The lowest BCUT2D eigenvalue weighted by Crippen LogP contribution is -2.46. The average molecular weight is 274 g/mol. The summed E-state index contributed by atoms with van der Waals surface area (Å²) >= 11 is 0. The summed E-state index contributed by atoms with van der Waals surface area (Å²) in [6.07, 6.45) is 1.24. The first-order valence-corrected chi connectivity index (χ1v) is 7.83. The maximum atomic E-state index is 3.62. The third-order valence-electron chi connectivity index (χ3n) is 4.10. The van der Waals surface area contributed by atoms with E-state index in [0.29, 0.717) is 0 Å². The van der Waals surface area contributed by atoms with Crippen molar-refractivity contribution in [1.82, 2.24) is 10.2 Å². The zero-order chi connectivity index (χ0) is 14.8. The fourth-order valence-electron chi connectivity index (χ4n) is 2.93. The minimum atomic E-state index is 0.224. The Kier molecular flexibility index (Phi) is 4.55. The van der Waals surface area contributed by atoms with Crippen LogP contribution < -0.4 is 5.32 Å². The van der Waals surface area contributed by atoms with E-state index in [2.05, 4.69) is 69.1 Å². The SMILES string of the molecule is CC1(C)CN(Cc2ccc(C(C)(C)C)cc2)CCCN1. The third kappa shape index (κ3) is 4.32. The summed E-state index contributed by atoms with van der Waals surface area (Å²) in [7, 11) is 0. The van der Waals surface area contributed by atoms with Gasteiger partial charge in [-0.2, -0.15) is 0 Å². The molecule has 1 aliphatic heterocycles. The maximum Gasteiger partial charge on any atom is 0.0252 e. The van der Waals surface area contributed by atoms with Gasteiger partial charge < -0.3 is 5.32 Å². The van der Waals surface area contributed by atoms with E-state index in [9.17, 15) is 0 Å². The van der Waals surface area contributed by atoms with E-state index in [1.54, 1.807) is 0 Å². The second-order valence-electron chi connectivity index (χ2n) is 7.82. The summed E-state index contributed by atoms with van der Waals surface area (Å²) in [6, 6.07) is 9.17. The first kappa shape index (κ1) is 15.5. The molecule has 1 heterocycles. The van der Waals surface area contributed by atoms with Gasteiger partial charge in [-0.05, 0) is 49.9 Å². The molecule has 1 aromatic carbocycles. The summed E-state index contributed by atoms with van der Waals surface area (Å²) in [5.74, 6) is 0. The van der Waals surface area contributed by atoms with E-state index in [-0.39, 0.29) is 11.0 Å². The molecule has 1 aliphatic rings. The topological polar surface area (TPSA) is 15.3 Å². The molecular formula is C18H30N2. The summed E-state index contributed by atoms with van der Waals surface area (Å²) in [6.45, 7) is 15.9. The summed E-state index contributed by atoms with van der Waals surface area (Å²) in [4.78, 5) is 2.58. The Balaban J connectivity index is 2.02. The Morgan fingerprint density at radius 3 is 2.40 bits per heavy atom. The third-order valence-corrected chi connectivity index (χ3v) is 4.10. The van der Waals surface area contributed by atoms with Crippen LogP contribution in [0.2, 0.25) is 0 Å². The van der Waals surface area contributed by atoms with Gasteiger partial charge in [0.2, 0.25) is 0 Å². The Bertz CT molecular complexity index is 426. The van der Waals surface area contributed by atoms with Gasteiger partial charge in [-0.15, -0.1) is 0 Å². The number of nitrogens with one attached hydrogen (secondary N) is 1. The van der Waals surface area contributed by atoms with Crippen molar-refractivity contribution in [2.75, 3.05) is 19.6 Å². The van der Waals surface area contributed by atoms with Crippen LogP contribution >= 0.6 is 0 Å². The molecule has 1 N–H and O–H groups in total. The molecule has 0 atom stereocenters. The van der Waals surface area contributed by atoms with Gasteiger partial charge >= 0.3 is 0 Å². The molecule has 0 aromatic heterocycles. The van der Waals surface area contributed by atoms with Gasteiger partial charge in [0.25, 0.3) is 0 Å². The van der Waals surface area contributed by atoms with Gasteiger partial charge in [-0.1, -0.05) is 45.0 Å². The second-order valence-corrected chi connectivity index (χ2v) is 7.82. The highest BCUT2D eigenvalue weighted by atomic mass is 15.2. The van der Waals surface area contributed by atoms with Crippen LogP contribution in [0.25, 0.3) is 0 Å². The van der Waals surface area contributed by atoms with Crippen molar-refractivity contribution in [3.63, 3.8) is 0 Å². The van der Waals surface area contributed by atoms with Crippen molar-refractivity contribution in [2.24, 2.45) is 0 Å². The first-order chi connectivity index (χ1) is 9.26. The van der Waals surface area contributed by atoms with Gasteiger partial charge in [0.1, 0.15) is 0 Å². The molecule has 0 spiro atoms. The number of benzene rings is 1. The molecule has 1 saturated heterocycles. The fourth-order valence-corrected chi connectivity index (χ4v) is 2.93. The van der Waals surface area contributed by atoms with Crippen LogP contribution in [0.4, 0.5) is 0 Å². The van der Waals surface area contributed by atoms with E-state index in [1.807, 2.05) is 0 Å². The molecule has 2 heteroatoms. The number of nitrogens with zero attached hydrogens (tertiary/aromatic N) is 1. The Labute approximate surface area is 124 Å². The molecule has 0 radical (unpaired) electrons. The zero-order valence-corrected chi connectivity index (χ0v) is 13.8. The van der Waals surface area contributed by atoms with Crippen molar-refractivity contribution in [1.29, 1.82) is 0 Å². The summed E-state index contributed by atoms with van der Waals surface area (Å²) < 4.78 is 0. The number of hydrogen-bond acceptors (Lipinski definition) is 2. The van der Waals surface area contributed by atoms with E-state index in [4.69, 9.17) is 0 Å². The Hall–Kier alpha value is -0.860. The van der Waals surface area contributed by atoms with Crippen LogP contribution in [0, 0.1) is 0 Å². The van der Waals surface area contributed by atoms with Gasteiger partial charge in [0, 0.05) is 18.6 Å². The molecule has 2 nitrogen and oxygen atoms in total. The highest BCUT2D eigenvalue weighted by Crippen LogP contribution is 2.23. The van der Waals surface area contributed by atoms with Crippen LogP contribution in [0.5, 0.6) is 0 Å².